The molecule has 0 bridgehead atoms. The third-order valence-corrected chi connectivity index (χ3v) is 4.79. The Labute approximate surface area is 164 Å². The second-order valence-electron chi connectivity index (χ2n) is 7.03. The number of nitrogens with zero attached hydrogens (tertiary/aromatic N) is 3. The monoisotopic (exact) mass is 385 g/mol. The highest BCUT2D eigenvalue weighted by atomic mass is 16.5. The van der Waals surface area contributed by atoms with E-state index in [0.717, 1.165) is 31.8 Å². The summed E-state index contributed by atoms with van der Waals surface area (Å²) in [6, 6.07) is 7.05. The molecule has 0 atom stereocenters. The first-order valence-electron chi connectivity index (χ1n) is 9.68. The zero-order valence-electron chi connectivity index (χ0n) is 16.4. The highest BCUT2D eigenvalue weighted by molar-refractivity contribution is 5.94. The molecule has 2 aromatic rings. The Morgan fingerprint density at radius 3 is 2.86 bits per heavy atom. The lowest BCUT2D eigenvalue weighted by molar-refractivity contribution is -0.116. The molecule has 1 fully saturated rings. The molecule has 1 saturated heterocycles. The molecule has 150 valence electrons. The molecule has 8 heteroatoms. The first-order valence-corrected chi connectivity index (χ1v) is 9.68. The number of hydrogen-bond acceptors (Lipinski definition) is 6. The van der Waals surface area contributed by atoms with E-state index in [2.05, 4.69) is 20.7 Å². The number of ether oxygens (including phenoxy) is 1. The average Bonchev–Trinajstić information content (AvgIpc) is 3.06. The molecule has 1 aromatic carbocycles. The topological polar surface area (TPSA) is 98.1 Å². The molecule has 2 heterocycles. The maximum absolute atomic E-state index is 12.2. The standard InChI is InChI=1S/C20H27N5O3/c1-14(26)16-5-3-6-17(13-16)28-12-4-7-18(27)22-20-23-19(24-25(20)2)15-8-10-21-11-9-15/h3,5-6,13,15,21H,4,7-12H2,1-2H3,(H,22,23,24,27). The number of carbonyl (C=O) groups is 2. The minimum atomic E-state index is -0.117. The summed E-state index contributed by atoms with van der Waals surface area (Å²) < 4.78 is 7.26. The lowest BCUT2D eigenvalue weighted by Gasteiger charge is -2.19. The second-order valence-corrected chi connectivity index (χ2v) is 7.03. The number of nitrogens with one attached hydrogen (secondary N) is 2. The maximum atomic E-state index is 12.2. The summed E-state index contributed by atoms with van der Waals surface area (Å²) in [4.78, 5) is 28.1. The summed E-state index contributed by atoms with van der Waals surface area (Å²) in [5.74, 6) is 2.14. The van der Waals surface area contributed by atoms with E-state index >= 15 is 0 Å². The molecule has 1 aliphatic rings. The van der Waals surface area contributed by atoms with Gasteiger partial charge < -0.3 is 10.1 Å². The Kier molecular flexibility index (Phi) is 6.76. The highest BCUT2D eigenvalue weighted by Gasteiger charge is 2.21. The number of aryl methyl sites for hydroxylation is 1. The largest absolute Gasteiger partial charge is 0.494 e. The molecule has 28 heavy (non-hydrogen) atoms. The van der Waals surface area contributed by atoms with Crippen molar-refractivity contribution >= 4 is 17.6 Å². The van der Waals surface area contributed by atoms with Crippen LogP contribution in [0.1, 0.15) is 54.7 Å². The van der Waals surface area contributed by atoms with Gasteiger partial charge in [-0.1, -0.05) is 12.1 Å². The smallest absolute Gasteiger partial charge is 0.227 e. The van der Waals surface area contributed by atoms with Gasteiger partial charge in [-0.25, -0.2) is 4.68 Å². The molecule has 1 aliphatic heterocycles. The van der Waals surface area contributed by atoms with Crippen LogP contribution in [0.5, 0.6) is 5.75 Å². The summed E-state index contributed by atoms with van der Waals surface area (Å²) in [5.41, 5.74) is 0.613. The molecule has 0 spiro atoms. The summed E-state index contributed by atoms with van der Waals surface area (Å²) in [7, 11) is 1.79. The van der Waals surface area contributed by atoms with Crippen LogP contribution in [0.4, 0.5) is 5.95 Å². The fourth-order valence-electron chi connectivity index (χ4n) is 3.18. The summed E-state index contributed by atoms with van der Waals surface area (Å²) in [6.45, 7) is 3.86. The Morgan fingerprint density at radius 1 is 1.32 bits per heavy atom. The predicted octanol–water partition coefficient (Wildman–Crippen LogP) is 2.28. The molecule has 2 N–H and O–H groups in total. The number of aromatic nitrogens is 3. The molecule has 0 unspecified atom stereocenters. The van der Waals surface area contributed by atoms with Gasteiger partial charge in [-0.2, -0.15) is 10.1 Å². The summed E-state index contributed by atoms with van der Waals surface area (Å²) in [5, 5.41) is 10.6. The van der Waals surface area contributed by atoms with Crippen molar-refractivity contribution in [1.29, 1.82) is 0 Å². The van der Waals surface area contributed by atoms with Crippen LogP contribution < -0.4 is 15.4 Å². The molecule has 0 saturated carbocycles. The molecular weight excluding hydrogens is 358 g/mol. The number of piperidine rings is 1. The zero-order chi connectivity index (χ0) is 19.9. The van der Waals surface area contributed by atoms with Gasteiger partial charge in [-0.05, 0) is 51.4 Å². The molecule has 0 radical (unpaired) electrons. The van der Waals surface area contributed by atoms with Crippen molar-refractivity contribution in [3.8, 4) is 5.75 Å². The van der Waals surface area contributed by atoms with Crippen molar-refractivity contribution in [2.75, 3.05) is 25.0 Å². The van der Waals surface area contributed by atoms with Crippen LogP contribution in [0.15, 0.2) is 24.3 Å². The summed E-state index contributed by atoms with van der Waals surface area (Å²) in [6.07, 6.45) is 2.91. The van der Waals surface area contributed by atoms with Crippen molar-refractivity contribution in [2.45, 2.75) is 38.5 Å². The third kappa shape index (κ3) is 5.39. The van der Waals surface area contributed by atoms with E-state index in [-0.39, 0.29) is 11.7 Å². The summed E-state index contributed by atoms with van der Waals surface area (Å²) >= 11 is 0. The Morgan fingerprint density at radius 2 is 2.11 bits per heavy atom. The normalized spacial score (nSPS) is 14.6. The molecular formula is C20H27N5O3. The number of rotatable bonds is 8. The van der Waals surface area contributed by atoms with Gasteiger partial charge in [0.25, 0.3) is 0 Å². The van der Waals surface area contributed by atoms with Crippen molar-refractivity contribution in [1.82, 2.24) is 20.1 Å². The van der Waals surface area contributed by atoms with Gasteiger partial charge in [0.2, 0.25) is 11.9 Å². The minimum absolute atomic E-state index is 0.00244. The van der Waals surface area contributed by atoms with Gasteiger partial charge in [-0.15, -0.1) is 0 Å². The quantitative estimate of drug-likeness (QED) is 0.534. The van der Waals surface area contributed by atoms with E-state index < -0.39 is 0 Å². The van der Waals surface area contributed by atoms with Crippen molar-refractivity contribution in [3.63, 3.8) is 0 Å². The maximum Gasteiger partial charge on any atom is 0.227 e. The number of anilines is 1. The van der Waals surface area contributed by atoms with Crippen molar-refractivity contribution in [2.24, 2.45) is 7.05 Å². The van der Waals surface area contributed by atoms with Crippen LogP contribution in [0.3, 0.4) is 0 Å². The van der Waals surface area contributed by atoms with Crippen LogP contribution in [-0.4, -0.2) is 46.2 Å². The van der Waals surface area contributed by atoms with Crippen LogP contribution in [0.2, 0.25) is 0 Å². The van der Waals surface area contributed by atoms with Crippen molar-refractivity contribution < 1.29 is 14.3 Å². The molecule has 1 aromatic heterocycles. The number of Topliss-reactive ketones (excluding diaryl/α,β-unsaturated/α-hetero) is 1. The fraction of sp³-hybridized carbons (Fsp3) is 0.500. The third-order valence-electron chi connectivity index (χ3n) is 4.79. The number of carbonyl (C=O) groups excluding carboxylic acids is 2. The number of ketones is 1. The Hall–Kier alpha value is -2.74. The van der Waals surface area contributed by atoms with Gasteiger partial charge in [0.05, 0.1) is 6.61 Å². The van der Waals surface area contributed by atoms with Crippen LogP contribution >= 0.6 is 0 Å². The molecule has 8 nitrogen and oxygen atoms in total. The van der Waals surface area contributed by atoms with Crippen LogP contribution in [-0.2, 0) is 11.8 Å². The van der Waals surface area contributed by atoms with Gasteiger partial charge in [-0.3, -0.25) is 14.9 Å². The first kappa shape index (κ1) is 20.0. The van der Waals surface area contributed by atoms with E-state index in [1.165, 1.54) is 6.92 Å². The Balaban J connectivity index is 1.44. The lowest BCUT2D eigenvalue weighted by atomic mass is 9.98. The van der Waals surface area contributed by atoms with E-state index in [1.807, 2.05) is 0 Å². The van der Waals surface area contributed by atoms with E-state index in [0.29, 0.717) is 42.6 Å². The van der Waals surface area contributed by atoms with Gasteiger partial charge in [0, 0.05) is 24.9 Å². The second kappa shape index (κ2) is 9.45. The minimum Gasteiger partial charge on any atom is -0.494 e. The fourth-order valence-corrected chi connectivity index (χ4v) is 3.18. The van der Waals surface area contributed by atoms with E-state index in [4.69, 9.17) is 4.74 Å². The Bertz CT molecular complexity index is 827. The van der Waals surface area contributed by atoms with Gasteiger partial charge in [0.15, 0.2) is 11.6 Å². The number of amides is 1. The first-order chi connectivity index (χ1) is 13.5. The molecule has 1 amide bonds. The average molecular weight is 385 g/mol. The van der Waals surface area contributed by atoms with E-state index in [9.17, 15) is 9.59 Å². The number of hydrogen-bond donors (Lipinski definition) is 2. The van der Waals surface area contributed by atoms with Crippen molar-refractivity contribution in [3.05, 3.63) is 35.7 Å². The van der Waals surface area contributed by atoms with Gasteiger partial charge >= 0.3 is 0 Å². The van der Waals surface area contributed by atoms with E-state index in [1.54, 1.807) is 36.0 Å². The molecule has 0 aliphatic carbocycles. The zero-order valence-corrected chi connectivity index (χ0v) is 16.4. The highest BCUT2D eigenvalue weighted by Crippen LogP contribution is 2.23. The lowest BCUT2D eigenvalue weighted by Crippen LogP contribution is -2.27. The predicted molar refractivity (Wildman–Crippen MR) is 106 cm³/mol. The number of benzene rings is 1. The van der Waals surface area contributed by atoms with Crippen LogP contribution in [0, 0.1) is 0 Å². The van der Waals surface area contributed by atoms with Crippen LogP contribution in [0.25, 0.3) is 0 Å². The molecule has 3 rings (SSSR count). The SMILES string of the molecule is CC(=O)c1cccc(OCCCC(=O)Nc2nc(C3CCNCC3)nn2C)c1. The van der Waals surface area contributed by atoms with Gasteiger partial charge in [0.1, 0.15) is 5.75 Å².